The van der Waals surface area contributed by atoms with E-state index in [1.54, 1.807) is 0 Å². The highest BCUT2D eigenvalue weighted by Crippen LogP contribution is 2.17. The molecule has 1 rings (SSSR count). The van der Waals surface area contributed by atoms with Crippen molar-refractivity contribution < 1.29 is 0 Å². The van der Waals surface area contributed by atoms with Gasteiger partial charge in [0.1, 0.15) is 0 Å². The molecule has 1 heterocycles. The van der Waals surface area contributed by atoms with Gasteiger partial charge in [0.05, 0.1) is 0 Å². The molecule has 0 aromatic rings. The van der Waals surface area contributed by atoms with E-state index in [1.165, 1.54) is 0 Å². The van der Waals surface area contributed by atoms with E-state index < -0.39 is 0 Å². The van der Waals surface area contributed by atoms with Crippen LogP contribution in [0.25, 0.3) is 0 Å². The van der Waals surface area contributed by atoms with E-state index in [0.717, 1.165) is 19.6 Å². The molecule has 1 saturated heterocycles. The van der Waals surface area contributed by atoms with E-state index in [4.69, 9.17) is 0 Å². The van der Waals surface area contributed by atoms with Crippen LogP contribution in [0.1, 0.15) is 13.8 Å². The molecule has 1 fully saturated rings. The van der Waals surface area contributed by atoms with Gasteiger partial charge in [-0.1, -0.05) is 0 Å². The molecular weight excluding hydrogens is 144 g/mol. The van der Waals surface area contributed by atoms with E-state index in [1.807, 2.05) is 0 Å². The van der Waals surface area contributed by atoms with Gasteiger partial charge in [0.25, 0.3) is 0 Å². The molecule has 1 atom stereocenters. The van der Waals surface area contributed by atoms with Crippen molar-refractivity contribution in [3.8, 4) is 0 Å². The summed E-state index contributed by atoms with van der Waals surface area (Å²) in [7, 11) is 0. The molecule has 0 amide bonds. The average molecular weight is 160 g/mol. The van der Waals surface area contributed by atoms with Gasteiger partial charge in [0.2, 0.25) is 0 Å². The highest BCUT2D eigenvalue weighted by atomic mass is 32.1. The van der Waals surface area contributed by atoms with Crippen LogP contribution in [0, 0.1) is 0 Å². The van der Waals surface area contributed by atoms with Crippen molar-refractivity contribution in [3.05, 3.63) is 0 Å². The Hall–Kier alpha value is 0.270. The Labute approximate surface area is 68.2 Å². The van der Waals surface area contributed by atoms with E-state index in [0.29, 0.717) is 6.04 Å². The van der Waals surface area contributed by atoms with E-state index >= 15 is 0 Å². The maximum Gasteiger partial charge on any atom is 0.0332 e. The normalized spacial score (nSPS) is 28.5. The van der Waals surface area contributed by atoms with E-state index in [9.17, 15) is 0 Å². The summed E-state index contributed by atoms with van der Waals surface area (Å²) in [6, 6.07) is 0.504. The third-order valence-corrected chi connectivity index (χ3v) is 2.21. The van der Waals surface area contributed by atoms with E-state index in [2.05, 4.69) is 37.1 Å². The predicted molar refractivity (Wildman–Crippen MR) is 47.7 cm³/mol. The Balaban J connectivity index is 2.39. The minimum atomic E-state index is 0.0907. The van der Waals surface area contributed by atoms with Gasteiger partial charge in [-0.3, -0.25) is 0 Å². The Morgan fingerprint density at radius 2 is 2.10 bits per heavy atom. The average Bonchev–Trinajstić information content (AvgIpc) is 1.88. The summed E-state index contributed by atoms with van der Waals surface area (Å²) in [5, 5.41) is 6.75. The summed E-state index contributed by atoms with van der Waals surface area (Å²) in [4.78, 5) is 0. The van der Waals surface area contributed by atoms with Crippen LogP contribution in [-0.2, 0) is 0 Å². The largest absolute Gasteiger partial charge is 0.314 e. The Morgan fingerprint density at radius 3 is 2.40 bits per heavy atom. The third kappa shape index (κ3) is 2.15. The lowest BCUT2D eigenvalue weighted by atomic mass is 10.0. The second kappa shape index (κ2) is 3.11. The van der Waals surface area contributed by atoms with Crippen LogP contribution < -0.4 is 10.6 Å². The first-order valence-electron chi connectivity index (χ1n) is 3.77. The summed E-state index contributed by atoms with van der Waals surface area (Å²) >= 11 is 4.50. The van der Waals surface area contributed by atoms with Gasteiger partial charge in [-0.25, -0.2) is 0 Å². The summed E-state index contributed by atoms with van der Waals surface area (Å²) in [6.07, 6.45) is 0. The molecule has 2 N–H and O–H groups in total. The summed E-state index contributed by atoms with van der Waals surface area (Å²) < 4.78 is 0.0907. The van der Waals surface area contributed by atoms with Crippen LogP contribution in [0.5, 0.6) is 0 Å². The molecule has 10 heavy (non-hydrogen) atoms. The van der Waals surface area contributed by atoms with Crippen LogP contribution in [0.2, 0.25) is 0 Å². The third-order valence-electron chi connectivity index (χ3n) is 1.89. The molecule has 0 aromatic carbocycles. The smallest absolute Gasteiger partial charge is 0.0332 e. The molecule has 2 nitrogen and oxygen atoms in total. The van der Waals surface area contributed by atoms with Crippen molar-refractivity contribution in [2.24, 2.45) is 0 Å². The Kier molecular flexibility index (Phi) is 2.61. The fraction of sp³-hybridized carbons (Fsp3) is 1.00. The van der Waals surface area contributed by atoms with Gasteiger partial charge in [-0.2, -0.15) is 12.6 Å². The minimum absolute atomic E-state index is 0.0907. The van der Waals surface area contributed by atoms with Crippen LogP contribution in [-0.4, -0.2) is 30.4 Å². The second-order valence-electron chi connectivity index (χ2n) is 3.36. The number of thiol groups is 1. The van der Waals surface area contributed by atoms with Gasteiger partial charge < -0.3 is 10.6 Å². The molecule has 0 aromatic heterocycles. The predicted octanol–water partition coefficient (Wildman–Crippen LogP) is 0.256. The number of hydrogen-bond acceptors (Lipinski definition) is 3. The molecule has 0 saturated carbocycles. The molecule has 1 aliphatic heterocycles. The van der Waals surface area contributed by atoms with Gasteiger partial charge in [-0.15, -0.1) is 0 Å². The summed E-state index contributed by atoms with van der Waals surface area (Å²) in [6.45, 7) is 7.47. The Bertz CT molecular complexity index is 103. The number of piperazine rings is 1. The first kappa shape index (κ1) is 8.37. The lowest BCUT2D eigenvalue weighted by Crippen LogP contribution is -2.56. The molecule has 0 radical (unpaired) electrons. The van der Waals surface area contributed by atoms with Gasteiger partial charge in [0.15, 0.2) is 0 Å². The standard InChI is InChI=1S/C7H16N2S/c1-7(2,10)6-5-8-3-4-9-6/h6,8-10H,3-5H2,1-2H3. The molecule has 1 aliphatic rings. The molecular formula is C7H16N2S. The zero-order chi connectivity index (χ0) is 7.61. The van der Waals surface area contributed by atoms with Crippen LogP contribution in [0.4, 0.5) is 0 Å². The van der Waals surface area contributed by atoms with E-state index in [-0.39, 0.29) is 4.75 Å². The van der Waals surface area contributed by atoms with Crippen LogP contribution >= 0.6 is 12.6 Å². The first-order valence-corrected chi connectivity index (χ1v) is 4.22. The number of hydrogen-bond donors (Lipinski definition) is 3. The molecule has 60 valence electrons. The maximum absolute atomic E-state index is 4.50. The fourth-order valence-electron chi connectivity index (χ4n) is 1.15. The molecule has 1 unspecified atom stereocenters. The van der Waals surface area contributed by atoms with Gasteiger partial charge >= 0.3 is 0 Å². The molecule has 0 aliphatic carbocycles. The van der Waals surface area contributed by atoms with Crippen molar-refractivity contribution in [1.29, 1.82) is 0 Å². The highest BCUT2D eigenvalue weighted by Gasteiger charge is 2.26. The topological polar surface area (TPSA) is 24.1 Å². The maximum atomic E-state index is 4.50. The lowest BCUT2D eigenvalue weighted by Gasteiger charge is -2.34. The monoisotopic (exact) mass is 160 g/mol. The zero-order valence-electron chi connectivity index (χ0n) is 6.65. The SMILES string of the molecule is CC(C)(S)C1CNCCN1. The highest BCUT2D eigenvalue weighted by molar-refractivity contribution is 7.81. The summed E-state index contributed by atoms with van der Waals surface area (Å²) in [5.74, 6) is 0. The van der Waals surface area contributed by atoms with Crippen LogP contribution in [0.3, 0.4) is 0 Å². The molecule has 0 bridgehead atoms. The second-order valence-corrected chi connectivity index (χ2v) is 4.52. The van der Waals surface area contributed by atoms with Gasteiger partial charge in [0, 0.05) is 30.4 Å². The van der Waals surface area contributed by atoms with Crippen molar-refractivity contribution in [1.82, 2.24) is 10.6 Å². The van der Waals surface area contributed by atoms with Crippen molar-refractivity contribution in [2.45, 2.75) is 24.6 Å². The quantitative estimate of drug-likeness (QED) is 0.479. The first-order chi connectivity index (χ1) is 4.61. The van der Waals surface area contributed by atoms with Crippen molar-refractivity contribution >= 4 is 12.6 Å². The van der Waals surface area contributed by atoms with Crippen LogP contribution in [0.15, 0.2) is 0 Å². The lowest BCUT2D eigenvalue weighted by molar-refractivity contribution is 0.367. The number of rotatable bonds is 1. The minimum Gasteiger partial charge on any atom is -0.314 e. The number of nitrogens with one attached hydrogen (secondary N) is 2. The van der Waals surface area contributed by atoms with Gasteiger partial charge in [-0.05, 0) is 13.8 Å². The summed E-state index contributed by atoms with van der Waals surface area (Å²) in [5.41, 5.74) is 0. The van der Waals surface area contributed by atoms with Crippen molar-refractivity contribution in [2.75, 3.05) is 19.6 Å². The molecule has 0 spiro atoms. The van der Waals surface area contributed by atoms with Crippen molar-refractivity contribution in [3.63, 3.8) is 0 Å². The zero-order valence-corrected chi connectivity index (χ0v) is 7.54. The molecule has 3 heteroatoms. The Morgan fingerprint density at radius 1 is 1.40 bits per heavy atom. The fourth-order valence-corrected chi connectivity index (χ4v) is 1.34.